The van der Waals surface area contributed by atoms with Crippen LogP contribution in [-0.4, -0.2) is 28.4 Å². The van der Waals surface area contributed by atoms with Crippen molar-refractivity contribution in [3.05, 3.63) is 60.9 Å². The largest absolute Gasteiger partial charge is 0.465 e. The predicted molar refractivity (Wildman–Crippen MR) is 110 cm³/mol. The molecule has 4 rings (SSSR count). The number of aryl methyl sites for hydroxylation is 2. The zero-order chi connectivity index (χ0) is 20.0. The summed E-state index contributed by atoms with van der Waals surface area (Å²) in [5.41, 5.74) is 3.59. The maximum absolute atomic E-state index is 12.7. The number of benzene rings is 1. The van der Waals surface area contributed by atoms with Crippen LogP contribution in [0, 0.1) is 13.8 Å². The zero-order valence-corrected chi connectivity index (χ0v) is 16.9. The molecule has 0 aliphatic carbocycles. The predicted octanol–water partition coefficient (Wildman–Crippen LogP) is 3.63. The number of thiophene rings is 1. The second-order valence-electron chi connectivity index (χ2n) is 6.21. The maximum Gasteiger partial charge on any atom is 0.350 e. The zero-order valence-electron chi connectivity index (χ0n) is 15.2. The molecule has 0 aliphatic heterocycles. The van der Waals surface area contributed by atoms with Gasteiger partial charge in [0.2, 0.25) is 0 Å². The molecule has 0 saturated heterocycles. The van der Waals surface area contributed by atoms with Gasteiger partial charge in [-0.1, -0.05) is 11.3 Å². The first kappa shape index (κ1) is 18.3. The third-order valence-electron chi connectivity index (χ3n) is 4.42. The molecule has 0 unspecified atom stereocenters. The lowest BCUT2D eigenvalue weighted by molar-refractivity contribution is 0.0607. The summed E-state index contributed by atoms with van der Waals surface area (Å²) in [6, 6.07) is 6.75. The summed E-state index contributed by atoms with van der Waals surface area (Å²) in [4.78, 5) is 42.6. The van der Waals surface area contributed by atoms with Crippen LogP contribution < -0.4 is 10.9 Å². The Bertz CT molecular complexity index is 1320. The van der Waals surface area contributed by atoms with Crippen molar-refractivity contribution in [2.45, 2.75) is 13.8 Å². The monoisotopic (exact) mass is 413 g/mol. The second kappa shape index (κ2) is 6.84. The number of carbonyl (C=O) groups excluding carboxylic acids is 2. The molecule has 142 valence electrons. The van der Waals surface area contributed by atoms with Gasteiger partial charge in [0.1, 0.15) is 9.75 Å². The van der Waals surface area contributed by atoms with E-state index in [-0.39, 0.29) is 10.4 Å². The molecular weight excluding hydrogens is 398 g/mol. The molecule has 3 heterocycles. The van der Waals surface area contributed by atoms with Crippen molar-refractivity contribution in [3.8, 4) is 0 Å². The number of nitrogens with one attached hydrogen (secondary N) is 1. The van der Waals surface area contributed by atoms with Crippen molar-refractivity contribution in [1.29, 1.82) is 0 Å². The molecule has 0 bridgehead atoms. The normalized spacial score (nSPS) is 11.1. The van der Waals surface area contributed by atoms with Gasteiger partial charge in [0.25, 0.3) is 11.5 Å². The van der Waals surface area contributed by atoms with Gasteiger partial charge in [-0.05, 0) is 48.6 Å². The molecule has 9 heteroatoms. The fourth-order valence-corrected chi connectivity index (χ4v) is 4.54. The van der Waals surface area contributed by atoms with Crippen molar-refractivity contribution in [3.63, 3.8) is 0 Å². The quantitative estimate of drug-likeness (QED) is 0.518. The van der Waals surface area contributed by atoms with Crippen molar-refractivity contribution in [2.75, 3.05) is 12.4 Å². The summed E-state index contributed by atoms with van der Waals surface area (Å²) in [6.45, 7) is 3.96. The van der Waals surface area contributed by atoms with Gasteiger partial charge in [-0.15, -0.1) is 11.3 Å². The van der Waals surface area contributed by atoms with E-state index in [2.05, 4.69) is 10.3 Å². The Hall–Kier alpha value is -3.04. The molecule has 1 amide bonds. The van der Waals surface area contributed by atoms with Crippen LogP contribution in [0.5, 0.6) is 0 Å². The Morgan fingerprint density at radius 1 is 1.18 bits per heavy atom. The molecule has 4 aromatic rings. The summed E-state index contributed by atoms with van der Waals surface area (Å²) in [5, 5.41) is 4.35. The third-order valence-corrected chi connectivity index (χ3v) is 6.30. The maximum atomic E-state index is 12.7. The highest BCUT2D eigenvalue weighted by Crippen LogP contribution is 2.26. The van der Waals surface area contributed by atoms with Crippen molar-refractivity contribution < 1.29 is 14.3 Å². The van der Waals surface area contributed by atoms with Crippen LogP contribution in [0.2, 0.25) is 0 Å². The minimum absolute atomic E-state index is 0.211. The highest BCUT2D eigenvalue weighted by Gasteiger charge is 2.19. The number of carbonyl (C=O) groups is 2. The molecule has 28 heavy (non-hydrogen) atoms. The Labute approximate surface area is 167 Å². The highest BCUT2D eigenvalue weighted by atomic mass is 32.1. The second-order valence-corrected chi connectivity index (χ2v) is 8.14. The molecule has 1 N–H and O–H groups in total. The van der Waals surface area contributed by atoms with Gasteiger partial charge < -0.3 is 10.1 Å². The number of amides is 1. The number of hydrogen-bond donors (Lipinski definition) is 1. The number of rotatable bonds is 3. The van der Waals surface area contributed by atoms with Gasteiger partial charge in [-0.25, -0.2) is 9.78 Å². The number of methoxy groups -OCH3 is 1. The molecule has 0 spiro atoms. The van der Waals surface area contributed by atoms with Crippen LogP contribution in [0.15, 0.2) is 34.4 Å². The Balaban J connectivity index is 1.76. The molecular formula is C19H15N3O4S2. The van der Waals surface area contributed by atoms with Gasteiger partial charge in [-0.2, -0.15) is 0 Å². The average Bonchev–Trinajstić information content (AvgIpc) is 3.25. The van der Waals surface area contributed by atoms with Crippen LogP contribution in [0.3, 0.4) is 0 Å². The Morgan fingerprint density at radius 2 is 1.93 bits per heavy atom. The van der Waals surface area contributed by atoms with Crippen LogP contribution in [0.25, 0.3) is 16.0 Å². The van der Waals surface area contributed by atoms with E-state index in [9.17, 15) is 14.4 Å². The van der Waals surface area contributed by atoms with E-state index < -0.39 is 11.9 Å². The van der Waals surface area contributed by atoms with Gasteiger partial charge in [0.05, 0.1) is 23.8 Å². The average molecular weight is 413 g/mol. The summed E-state index contributed by atoms with van der Waals surface area (Å²) >= 11 is 2.28. The van der Waals surface area contributed by atoms with Gasteiger partial charge in [0.15, 0.2) is 4.96 Å². The standard InChI is InChI=1S/C19H15N3O4S2/c1-9-6-12-13(7-10(9)2)22-15(23)8-14(28-19(22)21-12)17(24)20-11-4-5-27-16(11)18(25)26-3/h4-8H,1-3H3,(H,20,24). The number of ether oxygens (including phenoxy) is 1. The lowest BCUT2D eigenvalue weighted by atomic mass is 10.1. The van der Waals surface area contributed by atoms with E-state index in [4.69, 9.17) is 4.74 Å². The number of hydrogen-bond acceptors (Lipinski definition) is 7. The molecule has 1 aromatic carbocycles. The summed E-state index contributed by atoms with van der Waals surface area (Å²) in [5.74, 6) is -1.01. The van der Waals surface area contributed by atoms with E-state index in [1.54, 1.807) is 11.4 Å². The van der Waals surface area contributed by atoms with E-state index in [1.165, 1.54) is 28.9 Å². The SMILES string of the molecule is COC(=O)c1sccc1NC(=O)c1cc(=O)n2c(nc3cc(C)c(C)cc32)s1. The topological polar surface area (TPSA) is 89.8 Å². The first-order valence-electron chi connectivity index (χ1n) is 8.29. The third kappa shape index (κ3) is 2.98. The molecule has 3 aromatic heterocycles. The Morgan fingerprint density at radius 3 is 2.68 bits per heavy atom. The number of imidazole rings is 1. The number of fused-ring (bicyclic) bond motifs is 3. The van der Waals surface area contributed by atoms with Gasteiger partial charge >= 0.3 is 5.97 Å². The lowest BCUT2D eigenvalue weighted by Gasteiger charge is -2.05. The smallest absolute Gasteiger partial charge is 0.350 e. The summed E-state index contributed by atoms with van der Waals surface area (Å²) < 4.78 is 6.22. The van der Waals surface area contributed by atoms with Crippen LogP contribution in [-0.2, 0) is 4.74 Å². The van der Waals surface area contributed by atoms with Crippen molar-refractivity contribution >= 4 is 56.2 Å². The number of aromatic nitrogens is 2. The molecule has 0 radical (unpaired) electrons. The number of nitrogens with zero attached hydrogens (tertiary/aromatic N) is 2. The van der Waals surface area contributed by atoms with Gasteiger partial charge in [-0.3, -0.25) is 14.0 Å². The Kier molecular flexibility index (Phi) is 4.48. The lowest BCUT2D eigenvalue weighted by Crippen LogP contribution is -2.18. The van der Waals surface area contributed by atoms with Crippen LogP contribution >= 0.6 is 22.7 Å². The minimum Gasteiger partial charge on any atom is -0.465 e. The molecule has 0 atom stereocenters. The van der Waals surface area contributed by atoms with E-state index in [1.807, 2.05) is 26.0 Å². The first-order chi connectivity index (χ1) is 13.4. The summed E-state index contributed by atoms with van der Waals surface area (Å²) in [7, 11) is 1.28. The van der Waals surface area contributed by atoms with Crippen LogP contribution in [0.1, 0.15) is 30.5 Å². The van der Waals surface area contributed by atoms with Crippen molar-refractivity contribution in [1.82, 2.24) is 9.38 Å². The summed E-state index contributed by atoms with van der Waals surface area (Å²) in [6.07, 6.45) is 0. The molecule has 0 fully saturated rings. The fourth-order valence-electron chi connectivity index (χ4n) is 2.85. The van der Waals surface area contributed by atoms with Crippen LogP contribution in [0.4, 0.5) is 5.69 Å². The van der Waals surface area contributed by atoms with E-state index >= 15 is 0 Å². The molecule has 7 nitrogen and oxygen atoms in total. The van der Waals surface area contributed by atoms with E-state index in [0.29, 0.717) is 21.0 Å². The first-order valence-corrected chi connectivity index (χ1v) is 9.99. The van der Waals surface area contributed by atoms with E-state index in [0.717, 1.165) is 28.0 Å². The molecule has 0 saturated carbocycles. The minimum atomic E-state index is -0.529. The highest BCUT2D eigenvalue weighted by molar-refractivity contribution is 7.18. The van der Waals surface area contributed by atoms with Gasteiger partial charge in [0, 0.05) is 6.07 Å². The molecule has 0 aliphatic rings. The van der Waals surface area contributed by atoms with Crippen molar-refractivity contribution in [2.24, 2.45) is 0 Å². The fraction of sp³-hybridized carbons (Fsp3) is 0.158. The number of esters is 1. The number of anilines is 1.